The van der Waals surface area contributed by atoms with Crippen LogP contribution in [0.5, 0.6) is 0 Å². The molecule has 1 N–H and O–H groups in total. The minimum absolute atomic E-state index is 0.0158. The van der Waals surface area contributed by atoms with Crippen LogP contribution in [0, 0.1) is 5.41 Å². The monoisotopic (exact) mass is 302 g/mol. The Labute approximate surface area is 123 Å². The molecule has 0 aliphatic carbocycles. The number of ether oxygens (including phenoxy) is 2. The second kappa shape index (κ2) is 7.28. The fourth-order valence-corrected chi connectivity index (χ4v) is 2.80. The van der Waals surface area contributed by atoms with Crippen molar-refractivity contribution in [1.29, 1.82) is 0 Å². The molecule has 0 spiro atoms. The summed E-state index contributed by atoms with van der Waals surface area (Å²) in [4.78, 5) is 25.3. The molecule has 0 unspecified atom stereocenters. The van der Waals surface area contributed by atoms with Gasteiger partial charge in [-0.05, 0) is 0 Å². The molecule has 20 heavy (non-hydrogen) atoms. The first-order chi connectivity index (χ1) is 9.59. The quantitative estimate of drug-likeness (QED) is 0.732. The molecule has 2 fully saturated rings. The number of thioether (sulfide) groups is 1. The molecule has 0 aromatic carbocycles. The van der Waals surface area contributed by atoms with Crippen LogP contribution in [0.4, 0.5) is 0 Å². The maximum atomic E-state index is 11.9. The molecule has 0 atom stereocenters. The van der Waals surface area contributed by atoms with Crippen molar-refractivity contribution in [3.05, 3.63) is 0 Å². The highest BCUT2D eigenvalue weighted by Gasteiger charge is 2.33. The van der Waals surface area contributed by atoms with Gasteiger partial charge in [0, 0.05) is 25.0 Å². The Hall–Kier alpha value is -0.790. The van der Waals surface area contributed by atoms with Gasteiger partial charge in [-0.1, -0.05) is 6.92 Å². The van der Waals surface area contributed by atoms with Gasteiger partial charge in [0.15, 0.2) is 0 Å². The summed E-state index contributed by atoms with van der Waals surface area (Å²) >= 11 is 1.36. The van der Waals surface area contributed by atoms with Crippen molar-refractivity contribution in [2.75, 3.05) is 57.6 Å². The lowest BCUT2D eigenvalue weighted by Gasteiger charge is -2.38. The van der Waals surface area contributed by atoms with E-state index in [9.17, 15) is 9.59 Å². The van der Waals surface area contributed by atoms with Gasteiger partial charge >= 0.3 is 0 Å². The molecule has 2 aliphatic rings. The van der Waals surface area contributed by atoms with Gasteiger partial charge in [0.25, 0.3) is 0 Å². The van der Waals surface area contributed by atoms with Crippen LogP contribution >= 0.6 is 11.8 Å². The summed E-state index contributed by atoms with van der Waals surface area (Å²) in [7, 11) is 0. The molecular formula is C13H22N2O4S. The number of hydrogen-bond donors (Lipinski definition) is 1. The summed E-state index contributed by atoms with van der Waals surface area (Å²) in [6, 6.07) is 0. The van der Waals surface area contributed by atoms with E-state index < -0.39 is 0 Å². The van der Waals surface area contributed by atoms with Crippen LogP contribution in [-0.2, 0) is 19.1 Å². The molecule has 0 aromatic rings. The van der Waals surface area contributed by atoms with E-state index in [4.69, 9.17) is 9.47 Å². The highest BCUT2D eigenvalue weighted by molar-refractivity contribution is 8.00. The molecule has 2 amide bonds. The largest absolute Gasteiger partial charge is 0.380 e. The highest BCUT2D eigenvalue weighted by atomic mass is 32.2. The normalized spacial score (nSPS) is 21.1. The van der Waals surface area contributed by atoms with E-state index in [0.29, 0.717) is 57.6 Å². The minimum atomic E-state index is -0.0158. The van der Waals surface area contributed by atoms with Gasteiger partial charge < -0.3 is 19.7 Å². The molecule has 2 aliphatic heterocycles. The second-order valence-corrected chi connectivity index (χ2v) is 6.55. The first kappa shape index (κ1) is 15.6. The molecule has 2 heterocycles. The third-order valence-electron chi connectivity index (χ3n) is 3.44. The Morgan fingerprint density at radius 1 is 1.20 bits per heavy atom. The predicted molar refractivity (Wildman–Crippen MR) is 76.7 cm³/mol. The topological polar surface area (TPSA) is 67.9 Å². The first-order valence-corrected chi connectivity index (χ1v) is 8.02. The third kappa shape index (κ3) is 4.64. The molecule has 2 rings (SSSR count). The molecule has 114 valence electrons. The third-order valence-corrected chi connectivity index (χ3v) is 4.35. The van der Waals surface area contributed by atoms with E-state index in [2.05, 4.69) is 12.2 Å². The highest BCUT2D eigenvalue weighted by Crippen LogP contribution is 2.25. The van der Waals surface area contributed by atoms with Gasteiger partial charge in [0.05, 0.1) is 37.9 Å². The summed E-state index contributed by atoms with van der Waals surface area (Å²) < 4.78 is 10.3. The maximum absolute atomic E-state index is 11.9. The molecular weight excluding hydrogens is 280 g/mol. The number of rotatable bonds is 6. The van der Waals surface area contributed by atoms with E-state index >= 15 is 0 Å². The molecule has 2 saturated heterocycles. The van der Waals surface area contributed by atoms with E-state index in [0.717, 1.165) is 0 Å². The number of morpholine rings is 1. The van der Waals surface area contributed by atoms with Crippen molar-refractivity contribution in [1.82, 2.24) is 10.2 Å². The van der Waals surface area contributed by atoms with Crippen molar-refractivity contribution < 1.29 is 19.1 Å². The molecule has 6 nitrogen and oxygen atoms in total. The Kier molecular flexibility index (Phi) is 5.68. The number of amides is 2. The van der Waals surface area contributed by atoms with E-state index in [1.54, 1.807) is 4.90 Å². The SMILES string of the molecule is CC1(CNC(=O)CSCC(=O)N2CCOCC2)COC1. The van der Waals surface area contributed by atoms with Gasteiger partial charge in [-0.15, -0.1) is 11.8 Å². The van der Waals surface area contributed by atoms with Crippen molar-refractivity contribution in [3.8, 4) is 0 Å². The smallest absolute Gasteiger partial charge is 0.232 e. The van der Waals surface area contributed by atoms with Gasteiger partial charge in [-0.3, -0.25) is 9.59 Å². The average Bonchev–Trinajstić information content (AvgIpc) is 2.44. The van der Waals surface area contributed by atoms with E-state index in [1.807, 2.05) is 0 Å². The lowest BCUT2D eigenvalue weighted by molar-refractivity contribution is -0.132. The van der Waals surface area contributed by atoms with Crippen molar-refractivity contribution in [3.63, 3.8) is 0 Å². The van der Waals surface area contributed by atoms with Gasteiger partial charge in [0.2, 0.25) is 11.8 Å². The summed E-state index contributed by atoms with van der Waals surface area (Å²) in [5, 5.41) is 2.89. The van der Waals surface area contributed by atoms with Gasteiger partial charge in [-0.25, -0.2) is 0 Å². The standard InChI is InChI=1S/C13H22N2O4S/c1-13(9-19-10-13)8-14-11(16)6-20-7-12(17)15-2-4-18-5-3-15/h2-10H2,1H3,(H,14,16). The van der Waals surface area contributed by atoms with Crippen molar-refractivity contribution in [2.24, 2.45) is 5.41 Å². The number of carbonyl (C=O) groups excluding carboxylic acids is 2. The lowest BCUT2D eigenvalue weighted by Crippen LogP contribution is -2.49. The zero-order chi connectivity index (χ0) is 14.4. The molecule has 0 saturated carbocycles. The zero-order valence-corrected chi connectivity index (χ0v) is 12.7. The maximum Gasteiger partial charge on any atom is 0.232 e. The van der Waals surface area contributed by atoms with Crippen LogP contribution in [0.3, 0.4) is 0 Å². The summed E-state index contributed by atoms with van der Waals surface area (Å²) in [6.45, 7) is 6.67. The van der Waals surface area contributed by atoms with Crippen LogP contribution in [0.25, 0.3) is 0 Å². The fourth-order valence-electron chi connectivity index (χ4n) is 2.05. The number of carbonyl (C=O) groups is 2. The first-order valence-electron chi connectivity index (χ1n) is 6.87. The lowest BCUT2D eigenvalue weighted by atomic mass is 9.89. The van der Waals surface area contributed by atoms with Crippen LogP contribution in [0.15, 0.2) is 0 Å². The Morgan fingerprint density at radius 2 is 1.90 bits per heavy atom. The van der Waals surface area contributed by atoms with Crippen molar-refractivity contribution >= 4 is 23.6 Å². The van der Waals surface area contributed by atoms with Crippen LogP contribution in [0.1, 0.15) is 6.92 Å². The van der Waals surface area contributed by atoms with Gasteiger partial charge in [-0.2, -0.15) is 0 Å². The van der Waals surface area contributed by atoms with Crippen LogP contribution in [-0.4, -0.2) is 74.3 Å². The Balaban J connectivity index is 1.55. The molecule has 0 bridgehead atoms. The molecule has 0 radical (unpaired) electrons. The summed E-state index contributed by atoms with van der Waals surface area (Å²) in [5.74, 6) is 0.754. The summed E-state index contributed by atoms with van der Waals surface area (Å²) in [6.07, 6.45) is 0. The second-order valence-electron chi connectivity index (χ2n) is 5.57. The zero-order valence-electron chi connectivity index (χ0n) is 11.9. The Bertz CT molecular complexity index is 354. The van der Waals surface area contributed by atoms with Gasteiger partial charge in [0.1, 0.15) is 0 Å². The van der Waals surface area contributed by atoms with E-state index in [-0.39, 0.29) is 17.2 Å². The average molecular weight is 302 g/mol. The summed E-state index contributed by atoms with van der Waals surface area (Å²) in [5.41, 5.74) is 0.0872. The Morgan fingerprint density at radius 3 is 2.50 bits per heavy atom. The molecule has 7 heteroatoms. The molecule has 0 aromatic heterocycles. The van der Waals surface area contributed by atoms with E-state index in [1.165, 1.54) is 11.8 Å². The minimum Gasteiger partial charge on any atom is -0.380 e. The number of nitrogens with zero attached hydrogens (tertiary/aromatic N) is 1. The van der Waals surface area contributed by atoms with Crippen LogP contribution < -0.4 is 5.32 Å². The number of nitrogens with one attached hydrogen (secondary N) is 1. The van der Waals surface area contributed by atoms with Crippen LogP contribution in [0.2, 0.25) is 0 Å². The fraction of sp³-hybridized carbons (Fsp3) is 0.846. The number of hydrogen-bond acceptors (Lipinski definition) is 5. The predicted octanol–water partition coefficient (Wildman–Crippen LogP) is -0.269. The van der Waals surface area contributed by atoms with Crippen molar-refractivity contribution in [2.45, 2.75) is 6.92 Å².